The molecule has 1 saturated carbocycles. The van der Waals surface area contributed by atoms with Crippen LogP contribution in [0.1, 0.15) is 35.2 Å². The number of benzene rings is 2. The molecule has 9 heteroatoms. The predicted molar refractivity (Wildman–Crippen MR) is 125 cm³/mol. The van der Waals surface area contributed by atoms with Crippen LogP contribution in [-0.2, 0) is 4.79 Å². The molecule has 2 fully saturated rings. The number of hydrogen-bond donors (Lipinski definition) is 1. The molecule has 1 aliphatic heterocycles. The first-order valence-corrected chi connectivity index (χ1v) is 10.8. The van der Waals surface area contributed by atoms with E-state index in [0.29, 0.717) is 40.7 Å². The van der Waals surface area contributed by atoms with Gasteiger partial charge in [0, 0.05) is 24.3 Å². The number of halogens is 1. The van der Waals surface area contributed by atoms with Crippen molar-refractivity contribution in [3.05, 3.63) is 65.6 Å². The summed E-state index contributed by atoms with van der Waals surface area (Å²) in [5.41, 5.74) is 0.839. The number of aromatic nitrogens is 1. The van der Waals surface area contributed by atoms with Gasteiger partial charge in [0.1, 0.15) is 17.4 Å². The Morgan fingerprint density at radius 1 is 1.27 bits per heavy atom. The number of hydrogen-bond acceptors (Lipinski definition) is 5. The van der Waals surface area contributed by atoms with Gasteiger partial charge in [-0.3, -0.25) is 19.5 Å². The topological polar surface area (TPSA) is 89.3 Å². The summed E-state index contributed by atoms with van der Waals surface area (Å²) in [7, 11) is 1.43. The summed E-state index contributed by atoms with van der Waals surface area (Å²) in [5, 5.41) is 12.7. The Labute approximate surface area is 194 Å². The molecule has 2 aliphatic rings. The molecule has 1 saturated heterocycles. The van der Waals surface area contributed by atoms with Gasteiger partial charge in [-0.1, -0.05) is 0 Å². The minimum absolute atomic E-state index is 0.0821. The van der Waals surface area contributed by atoms with Gasteiger partial charge in [-0.25, -0.2) is 4.39 Å². The minimum atomic E-state index is -0.902. The number of nitriles is 1. The van der Waals surface area contributed by atoms with E-state index in [1.165, 1.54) is 24.1 Å². The first-order chi connectivity index (χ1) is 15.9. The highest BCUT2D eigenvalue weighted by atomic mass is 32.1. The van der Waals surface area contributed by atoms with E-state index >= 15 is 0 Å². The largest absolute Gasteiger partial charge is 0.355 e. The summed E-state index contributed by atoms with van der Waals surface area (Å²) < 4.78 is 14.8. The second-order valence-corrected chi connectivity index (χ2v) is 8.40. The molecule has 2 aromatic carbocycles. The lowest BCUT2D eigenvalue weighted by Crippen LogP contribution is -2.55. The van der Waals surface area contributed by atoms with Crippen LogP contribution in [0, 0.1) is 17.1 Å². The Balaban J connectivity index is 1.64. The van der Waals surface area contributed by atoms with Gasteiger partial charge in [-0.15, -0.1) is 0 Å². The van der Waals surface area contributed by atoms with Crippen LogP contribution < -0.4 is 15.1 Å². The fourth-order valence-corrected chi connectivity index (χ4v) is 5.06. The second-order valence-electron chi connectivity index (χ2n) is 8.03. The van der Waals surface area contributed by atoms with Crippen LogP contribution in [0.15, 0.2) is 48.7 Å². The van der Waals surface area contributed by atoms with Crippen LogP contribution in [0.25, 0.3) is 10.9 Å². The van der Waals surface area contributed by atoms with Crippen LogP contribution in [0.3, 0.4) is 0 Å². The lowest BCUT2D eigenvalue weighted by Gasteiger charge is -2.43. The van der Waals surface area contributed by atoms with Crippen molar-refractivity contribution in [1.82, 2.24) is 10.3 Å². The van der Waals surface area contributed by atoms with E-state index in [9.17, 15) is 19.2 Å². The average Bonchev–Trinajstić information content (AvgIpc) is 3.04. The first kappa shape index (κ1) is 21.0. The molecule has 5 rings (SSSR count). The number of carbonyl (C=O) groups excluding carboxylic acids is 2. The van der Waals surface area contributed by atoms with Crippen LogP contribution in [0.5, 0.6) is 0 Å². The normalized spacial score (nSPS) is 16.8. The third-order valence-corrected chi connectivity index (χ3v) is 6.75. The van der Waals surface area contributed by atoms with Crippen molar-refractivity contribution < 1.29 is 14.0 Å². The number of amides is 2. The highest BCUT2D eigenvalue weighted by Crippen LogP contribution is 2.48. The van der Waals surface area contributed by atoms with Crippen molar-refractivity contribution in [3.8, 4) is 6.07 Å². The van der Waals surface area contributed by atoms with E-state index in [0.717, 1.165) is 6.42 Å². The number of anilines is 2. The maximum Gasteiger partial charge on any atom is 0.259 e. The molecule has 0 bridgehead atoms. The fourth-order valence-electron chi connectivity index (χ4n) is 4.60. The van der Waals surface area contributed by atoms with Crippen molar-refractivity contribution in [2.75, 3.05) is 16.8 Å². The number of pyridine rings is 1. The molecule has 1 spiro atoms. The molecule has 7 nitrogen and oxygen atoms in total. The van der Waals surface area contributed by atoms with E-state index < -0.39 is 17.3 Å². The van der Waals surface area contributed by atoms with Crippen molar-refractivity contribution in [2.45, 2.75) is 24.8 Å². The van der Waals surface area contributed by atoms with Crippen molar-refractivity contribution in [3.63, 3.8) is 0 Å². The molecule has 2 heterocycles. The zero-order valence-corrected chi connectivity index (χ0v) is 18.4. The van der Waals surface area contributed by atoms with E-state index in [-0.39, 0.29) is 16.6 Å². The lowest BCUT2D eigenvalue weighted by atomic mass is 9.75. The molecule has 3 aromatic rings. The summed E-state index contributed by atoms with van der Waals surface area (Å²) in [4.78, 5) is 33.2. The molecule has 1 N–H and O–H groups in total. The van der Waals surface area contributed by atoms with E-state index in [1.807, 2.05) is 0 Å². The van der Waals surface area contributed by atoms with Gasteiger partial charge in [0.2, 0.25) is 0 Å². The molecular weight excluding hydrogens is 441 g/mol. The van der Waals surface area contributed by atoms with Gasteiger partial charge >= 0.3 is 0 Å². The Hall–Kier alpha value is -3.90. The third-order valence-electron chi connectivity index (χ3n) is 6.38. The van der Waals surface area contributed by atoms with Crippen LogP contribution in [-0.4, -0.2) is 34.5 Å². The van der Waals surface area contributed by atoms with Crippen LogP contribution in [0.4, 0.5) is 15.8 Å². The van der Waals surface area contributed by atoms with E-state index in [1.54, 1.807) is 41.4 Å². The van der Waals surface area contributed by atoms with Crippen LogP contribution in [0.2, 0.25) is 0 Å². The number of rotatable bonds is 3. The number of nitrogens with one attached hydrogen (secondary N) is 1. The quantitative estimate of drug-likeness (QED) is 0.602. The smallest absolute Gasteiger partial charge is 0.259 e. The molecule has 0 radical (unpaired) electrons. The molecule has 164 valence electrons. The zero-order valence-electron chi connectivity index (χ0n) is 17.6. The summed E-state index contributed by atoms with van der Waals surface area (Å²) in [5.74, 6) is -1.41. The summed E-state index contributed by atoms with van der Waals surface area (Å²) in [6.45, 7) is 0. The van der Waals surface area contributed by atoms with Crippen molar-refractivity contribution >= 4 is 51.4 Å². The number of nitrogens with zero attached hydrogens (tertiary/aromatic N) is 4. The Morgan fingerprint density at radius 2 is 2.06 bits per heavy atom. The average molecular weight is 460 g/mol. The highest BCUT2D eigenvalue weighted by molar-refractivity contribution is 7.81. The standard InChI is InChI=1S/C24H18FN5O2S/c1-27-21(31)16-7-6-15(12-18(16)25)30-23(33)29(22(32)24(30)9-3-10-24)19-8-5-14(13-26)20-17(19)4-2-11-28-20/h2,4-8,11-12H,3,9-10H2,1H3,(H,27,31). The first-order valence-electron chi connectivity index (χ1n) is 10.4. The summed E-state index contributed by atoms with van der Waals surface area (Å²) >= 11 is 5.77. The fraction of sp³-hybridized carbons (Fsp3) is 0.208. The van der Waals surface area contributed by atoms with Gasteiger partial charge < -0.3 is 10.2 Å². The van der Waals surface area contributed by atoms with Crippen LogP contribution >= 0.6 is 12.2 Å². The van der Waals surface area contributed by atoms with E-state index in [2.05, 4.69) is 16.4 Å². The molecule has 1 aliphatic carbocycles. The number of thiocarbonyl (C=S) groups is 1. The van der Waals surface area contributed by atoms with Crippen molar-refractivity contribution in [2.24, 2.45) is 0 Å². The second kappa shape index (κ2) is 7.60. The lowest BCUT2D eigenvalue weighted by molar-refractivity contribution is -0.123. The SMILES string of the molecule is CNC(=O)c1ccc(N2C(=S)N(c3ccc(C#N)c4ncccc34)C(=O)C23CCC3)cc1F. The van der Waals surface area contributed by atoms with Gasteiger partial charge in [-0.2, -0.15) is 5.26 Å². The number of fused-ring (bicyclic) bond motifs is 1. The molecule has 0 atom stereocenters. The maximum absolute atomic E-state index is 14.8. The minimum Gasteiger partial charge on any atom is -0.355 e. The van der Waals surface area contributed by atoms with Gasteiger partial charge in [0.05, 0.1) is 22.3 Å². The summed E-state index contributed by atoms with van der Waals surface area (Å²) in [6, 6.07) is 13.2. The molecule has 2 amide bonds. The third kappa shape index (κ3) is 2.91. The molecular formula is C24H18FN5O2S. The Kier molecular flexibility index (Phi) is 4.83. The van der Waals surface area contributed by atoms with Gasteiger partial charge in [-0.05, 0) is 73.9 Å². The summed E-state index contributed by atoms with van der Waals surface area (Å²) in [6.07, 6.45) is 3.59. The van der Waals surface area contributed by atoms with Crippen molar-refractivity contribution in [1.29, 1.82) is 5.26 Å². The van der Waals surface area contributed by atoms with Gasteiger partial charge in [0.25, 0.3) is 11.8 Å². The molecule has 33 heavy (non-hydrogen) atoms. The van der Waals surface area contributed by atoms with E-state index in [4.69, 9.17) is 12.2 Å². The van der Waals surface area contributed by atoms with Gasteiger partial charge in [0.15, 0.2) is 5.11 Å². The predicted octanol–water partition coefficient (Wildman–Crippen LogP) is 3.67. The Bertz CT molecular complexity index is 1400. The highest BCUT2D eigenvalue weighted by Gasteiger charge is 2.59. The monoisotopic (exact) mass is 459 g/mol. The molecule has 0 unspecified atom stereocenters. The molecule has 1 aromatic heterocycles. The Morgan fingerprint density at radius 3 is 2.70 bits per heavy atom. The maximum atomic E-state index is 14.8. The zero-order chi connectivity index (χ0) is 23.3. The number of carbonyl (C=O) groups is 2.